The van der Waals surface area contributed by atoms with E-state index >= 15 is 0 Å². The Morgan fingerprint density at radius 2 is 1.94 bits per heavy atom. The number of hydrogen-bond acceptors (Lipinski definition) is 3. The van der Waals surface area contributed by atoms with Crippen molar-refractivity contribution in [1.29, 1.82) is 0 Å². The summed E-state index contributed by atoms with van der Waals surface area (Å²) in [5.41, 5.74) is -0.193. The highest BCUT2D eigenvalue weighted by Crippen LogP contribution is 2.22. The maximum absolute atomic E-state index is 12.7. The van der Waals surface area contributed by atoms with Crippen molar-refractivity contribution < 1.29 is 14.2 Å². The van der Waals surface area contributed by atoms with E-state index in [-0.39, 0.29) is 17.5 Å². The quantitative estimate of drug-likeness (QED) is 0.771. The van der Waals surface area contributed by atoms with E-state index in [0.29, 0.717) is 12.2 Å². The van der Waals surface area contributed by atoms with Crippen LogP contribution in [0.5, 0.6) is 0 Å². The van der Waals surface area contributed by atoms with Crippen molar-refractivity contribution in [3.05, 3.63) is 30.1 Å². The highest BCUT2D eigenvalue weighted by atomic mass is 32.2. The van der Waals surface area contributed by atoms with Crippen LogP contribution in [0.1, 0.15) is 26.7 Å². The Morgan fingerprint density at radius 1 is 1.33 bits per heavy atom. The summed E-state index contributed by atoms with van der Waals surface area (Å²) < 4.78 is 18.0. The van der Waals surface area contributed by atoms with Crippen LogP contribution in [0.2, 0.25) is 0 Å². The van der Waals surface area contributed by atoms with Gasteiger partial charge in [-0.1, -0.05) is 0 Å². The minimum absolute atomic E-state index is 0.193. The van der Waals surface area contributed by atoms with Crippen LogP contribution in [0.25, 0.3) is 0 Å². The third-order valence-electron chi connectivity index (χ3n) is 2.89. The molecule has 0 saturated carbocycles. The van der Waals surface area contributed by atoms with Crippen molar-refractivity contribution in [3.8, 4) is 0 Å². The van der Waals surface area contributed by atoms with E-state index in [1.807, 2.05) is 13.8 Å². The van der Waals surface area contributed by atoms with Gasteiger partial charge < -0.3 is 9.84 Å². The molecule has 18 heavy (non-hydrogen) atoms. The van der Waals surface area contributed by atoms with Gasteiger partial charge in [0.2, 0.25) is 0 Å². The maximum Gasteiger partial charge on any atom is 0.123 e. The molecule has 0 aliphatic heterocycles. The molecule has 102 valence electrons. The largest absolute Gasteiger partial charge is 0.392 e. The van der Waals surface area contributed by atoms with E-state index in [9.17, 15) is 9.50 Å². The monoisotopic (exact) mass is 272 g/mol. The van der Waals surface area contributed by atoms with Gasteiger partial charge in [0.1, 0.15) is 5.82 Å². The first kappa shape index (κ1) is 15.5. The molecular weight excluding hydrogens is 251 g/mol. The first-order valence-electron chi connectivity index (χ1n) is 6.04. The summed E-state index contributed by atoms with van der Waals surface area (Å²) in [6.45, 7) is 4.01. The average Bonchev–Trinajstić information content (AvgIpc) is 2.36. The molecule has 0 spiro atoms. The van der Waals surface area contributed by atoms with Crippen LogP contribution in [-0.2, 0) is 4.74 Å². The van der Waals surface area contributed by atoms with Gasteiger partial charge in [-0.05, 0) is 51.0 Å². The number of aliphatic hydroxyl groups is 1. The van der Waals surface area contributed by atoms with Crippen molar-refractivity contribution in [1.82, 2.24) is 0 Å². The third-order valence-corrected chi connectivity index (χ3v) is 4.05. The molecule has 4 heteroatoms. The molecular formula is C14H21FO2S. The van der Waals surface area contributed by atoms with E-state index in [1.165, 1.54) is 23.9 Å². The van der Waals surface area contributed by atoms with Crippen molar-refractivity contribution in [3.63, 3.8) is 0 Å². The minimum atomic E-state index is -0.366. The normalized spacial score (nSPS) is 13.6. The number of ether oxygens (including phenoxy) is 1. The Labute approximate surface area is 113 Å². The Morgan fingerprint density at radius 3 is 2.50 bits per heavy atom. The van der Waals surface area contributed by atoms with E-state index in [1.54, 1.807) is 19.2 Å². The topological polar surface area (TPSA) is 29.5 Å². The Balaban J connectivity index is 2.29. The molecule has 0 aliphatic carbocycles. The Kier molecular flexibility index (Phi) is 6.12. The summed E-state index contributed by atoms with van der Waals surface area (Å²) in [6.07, 6.45) is 1.15. The van der Waals surface area contributed by atoms with Gasteiger partial charge in [-0.2, -0.15) is 0 Å². The molecule has 1 N–H and O–H groups in total. The van der Waals surface area contributed by atoms with Gasteiger partial charge in [-0.25, -0.2) is 4.39 Å². The van der Waals surface area contributed by atoms with Crippen molar-refractivity contribution in [2.75, 3.05) is 12.9 Å². The van der Waals surface area contributed by atoms with E-state index in [4.69, 9.17) is 4.74 Å². The van der Waals surface area contributed by atoms with E-state index in [0.717, 1.165) is 11.3 Å². The fourth-order valence-corrected chi connectivity index (χ4v) is 2.30. The number of hydrogen-bond donors (Lipinski definition) is 1. The zero-order valence-electron chi connectivity index (χ0n) is 11.1. The van der Waals surface area contributed by atoms with Crippen molar-refractivity contribution >= 4 is 11.8 Å². The standard InChI is InChI=1S/C14H21FO2S/c1-14(2,17-3)9-8-12(16)10-18-13-6-4-11(15)5-7-13/h4-7,12,16H,8-10H2,1-3H3. The molecule has 1 aromatic carbocycles. The maximum atomic E-state index is 12.7. The van der Waals surface area contributed by atoms with E-state index in [2.05, 4.69) is 0 Å². The summed E-state index contributed by atoms with van der Waals surface area (Å²) in [5, 5.41) is 9.87. The number of benzene rings is 1. The number of methoxy groups -OCH3 is 1. The molecule has 1 aromatic rings. The lowest BCUT2D eigenvalue weighted by molar-refractivity contribution is 0.00494. The Hall–Kier alpha value is -0.580. The highest BCUT2D eigenvalue weighted by molar-refractivity contribution is 7.99. The van der Waals surface area contributed by atoms with E-state index < -0.39 is 0 Å². The summed E-state index contributed by atoms with van der Waals surface area (Å²) >= 11 is 1.54. The Bertz CT molecular complexity index is 351. The van der Waals surface area contributed by atoms with Gasteiger partial charge in [-0.15, -0.1) is 11.8 Å². The lowest BCUT2D eigenvalue weighted by atomic mass is 10.0. The second-order valence-electron chi connectivity index (χ2n) is 4.92. The molecule has 0 aromatic heterocycles. The molecule has 0 aliphatic rings. The van der Waals surface area contributed by atoms with Crippen LogP contribution in [0, 0.1) is 5.82 Å². The fourth-order valence-electron chi connectivity index (χ4n) is 1.42. The minimum Gasteiger partial charge on any atom is -0.392 e. The fraction of sp³-hybridized carbons (Fsp3) is 0.571. The molecule has 0 radical (unpaired) electrons. The summed E-state index contributed by atoms with van der Waals surface area (Å²) in [4.78, 5) is 0.974. The van der Waals surface area contributed by atoms with Gasteiger partial charge in [-0.3, -0.25) is 0 Å². The number of rotatable bonds is 7. The van der Waals surface area contributed by atoms with Crippen LogP contribution in [0.4, 0.5) is 4.39 Å². The molecule has 0 bridgehead atoms. The second kappa shape index (κ2) is 7.12. The predicted molar refractivity (Wildman–Crippen MR) is 73.5 cm³/mol. The molecule has 0 heterocycles. The molecule has 0 amide bonds. The number of halogens is 1. The molecule has 1 rings (SSSR count). The lowest BCUT2D eigenvalue weighted by Crippen LogP contribution is -2.25. The van der Waals surface area contributed by atoms with Gasteiger partial charge in [0, 0.05) is 17.8 Å². The van der Waals surface area contributed by atoms with Crippen LogP contribution in [0.15, 0.2) is 29.2 Å². The number of aliphatic hydroxyl groups excluding tert-OH is 1. The van der Waals surface area contributed by atoms with Gasteiger partial charge in [0.15, 0.2) is 0 Å². The SMILES string of the molecule is COC(C)(C)CCC(O)CSc1ccc(F)cc1. The molecule has 1 unspecified atom stereocenters. The first-order chi connectivity index (χ1) is 8.43. The zero-order valence-corrected chi connectivity index (χ0v) is 12.0. The number of thioether (sulfide) groups is 1. The molecule has 0 fully saturated rings. The van der Waals surface area contributed by atoms with Crippen LogP contribution < -0.4 is 0 Å². The summed E-state index contributed by atoms with van der Waals surface area (Å²) in [7, 11) is 1.68. The average molecular weight is 272 g/mol. The van der Waals surface area contributed by atoms with Gasteiger partial charge in [0.05, 0.1) is 11.7 Å². The molecule has 0 saturated heterocycles. The highest BCUT2D eigenvalue weighted by Gasteiger charge is 2.18. The first-order valence-corrected chi connectivity index (χ1v) is 7.03. The predicted octanol–water partition coefficient (Wildman–Crippen LogP) is 3.48. The van der Waals surface area contributed by atoms with Gasteiger partial charge >= 0.3 is 0 Å². The molecule has 1 atom stereocenters. The van der Waals surface area contributed by atoms with Crippen molar-refractivity contribution in [2.24, 2.45) is 0 Å². The third kappa shape index (κ3) is 5.85. The zero-order chi connectivity index (χ0) is 13.6. The smallest absolute Gasteiger partial charge is 0.123 e. The summed E-state index contributed by atoms with van der Waals surface area (Å²) in [5.74, 6) is 0.382. The summed E-state index contributed by atoms with van der Waals surface area (Å²) in [6, 6.07) is 6.32. The van der Waals surface area contributed by atoms with Crippen LogP contribution in [-0.4, -0.2) is 29.7 Å². The van der Waals surface area contributed by atoms with Crippen LogP contribution >= 0.6 is 11.8 Å². The van der Waals surface area contributed by atoms with Crippen LogP contribution in [0.3, 0.4) is 0 Å². The van der Waals surface area contributed by atoms with Gasteiger partial charge in [0.25, 0.3) is 0 Å². The van der Waals surface area contributed by atoms with Crippen molar-refractivity contribution in [2.45, 2.75) is 43.3 Å². The second-order valence-corrected chi connectivity index (χ2v) is 6.01. The lowest BCUT2D eigenvalue weighted by Gasteiger charge is -2.24. The molecule has 2 nitrogen and oxygen atoms in total.